The highest BCUT2D eigenvalue weighted by atomic mass is 32.1. The van der Waals surface area contributed by atoms with Crippen LogP contribution in [0.1, 0.15) is 23.2 Å². The van der Waals surface area contributed by atoms with Gasteiger partial charge in [0.05, 0.1) is 23.4 Å². The van der Waals surface area contributed by atoms with Crippen molar-refractivity contribution in [3.05, 3.63) is 57.0 Å². The molecule has 2 aromatic heterocycles. The zero-order chi connectivity index (χ0) is 17.4. The minimum atomic E-state index is -0.172. The molecule has 0 saturated carbocycles. The number of hydrogen-bond donors (Lipinski definition) is 2. The number of rotatable bonds is 4. The number of nitrogen functional groups attached to an aromatic ring is 1. The maximum absolute atomic E-state index is 12.8. The van der Waals surface area contributed by atoms with Crippen LogP contribution >= 0.6 is 11.3 Å². The normalized spacial score (nSPS) is 16.8. The molecule has 25 heavy (non-hydrogen) atoms. The third kappa shape index (κ3) is 2.89. The molecular formula is C18H21N4O2S+. The first-order valence-electron chi connectivity index (χ1n) is 8.50. The molecule has 0 bridgehead atoms. The second-order valence-electron chi connectivity index (χ2n) is 6.27. The van der Waals surface area contributed by atoms with Crippen LogP contribution in [0.2, 0.25) is 0 Å². The van der Waals surface area contributed by atoms with Gasteiger partial charge in [0.25, 0.3) is 5.56 Å². The Labute approximate surface area is 149 Å². The molecule has 1 aromatic carbocycles. The molecule has 3 aromatic rings. The third-order valence-corrected chi connectivity index (χ3v) is 5.89. The Hall–Kier alpha value is -2.38. The number of quaternary nitrogens is 1. The quantitative estimate of drug-likeness (QED) is 0.675. The number of likely N-dealkylation sites (N-methyl/N-ethyl adjacent to an activating group) is 1. The van der Waals surface area contributed by atoms with E-state index in [1.165, 1.54) is 4.88 Å². The van der Waals surface area contributed by atoms with E-state index in [4.69, 9.17) is 10.6 Å². The predicted molar refractivity (Wildman–Crippen MR) is 98.6 cm³/mol. The van der Waals surface area contributed by atoms with Crippen molar-refractivity contribution in [2.75, 3.05) is 18.9 Å². The van der Waals surface area contributed by atoms with E-state index >= 15 is 0 Å². The topological polar surface area (TPSA) is 74.6 Å². The Balaban J connectivity index is 1.70. The number of nitrogens with one attached hydrogen (secondary N) is 1. The van der Waals surface area contributed by atoms with Crippen LogP contribution in [0.25, 0.3) is 10.2 Å². The maximum atomic E-state index is 12.8. The van der Waals surface area contributed by atoms with E-state index in [1.807, 2.05) is 30.3 Å². The van der Waals surface area contributed by atoms with Crippen LogP contribution in [-0.4, -0.2) is 22.7 Å². The van der Waals surface area contributed by atoms with Crippen LogP contribution < -0.4 is 21.0 Å². The summed E-state index contributed by atoms with van der Waals surface area (Å²) in [5.74, 6) is 7.19. The van der Waals surface area contributed by atoms with Crippen molar-refractivity contribution in [3.8, 4) is 5.75 Å². The van der Waals surface area contributed by atoms with Gasteiger partial charge in [0.1, 0.15) is 23.7 Å². The fourth-order valence-electron chi connectivity index (χ4n) is 3.30. The molecule has 130 valence electrons. The fourth-order valence-corrected chi connectivity index (χ4v) is 4.60. The molecule has 3 heterocycles. The molecule has 3 N–H and O–H groups in total. The minimum absolute atomic E-state index is 0.167. The van der Waals surface area contributed by atoms with Crippen molar-refractivity contribution >= 4 is 21.6 Å². The van der Waals surface area contributed by atoms with E-state index in [9.17, 15) is 4.79 Å². The molecule has 0 amide bonds. The van der Waals surface area contributed by atoms with Crippen molar-refractivity contribution in [1.29, 1.82) is 0 Å². The largest absolute Gasteiger partial charge is 0.486 e. The van der Waals surface area contributed by atoms with Crippen molar-refractivity contribution < 1.29 is 9.64 Å². The van der Waals surface area contributed by atoms with E-state index < -0.39 is 0 Å². The third-order valence-electron chi connectivity index (χ3n) is 4.76. The molecule has 0 fully saturated rings. The highest BCUT2D eigenvalue weighted by Crippen LogP contribution is 2.29. The van der Waals surface area contributed by atoms with E-state index in [0.717, 1.165) is 46.9 Å². The smallest absolute Gasteiger partial charge is 0.281 e. The van der Waals surface area contributed by atoms with Crippen LogP contribution in [0.3, 0.4) is 0 Å². The zero-order valence-electron chi connectivity index (χ0n) is 14.1. The molecule has 6 nitrogen and oxygen atoms in total. The first-order chi connectivity index (χ1) is 12.2. The average molecular weight is 357 g/mol. The summed E-state index contributed by atoms with van der Waals surface area (Å²) in [6, 6.07) is 9.45. The Morgan fingerprint density at radius 3 is 2.92 bits per heavy atom. The minimum Gasteiger partial charge on any atom is -0.486 e. The number of nitrogens with zero attached hydrogens (tertiary/aromatic N) is 2. The second kappa shape index (κ2) is 6.50. The standard InChI is InChI=1S/C18H20N4O2S/c1-2-21-9-8-13-14(10-21)25-17-16(13)18(23)22(19)15(20-17)11-24-12-6-4-3-5-7-12/h3-7H,2,8-11,19H2,1H3/p+1. The number of nitrogens with two attached hydrogens (primary N) is 1. The summed E-state index contributed by atoms with van der Waals surface area (Å²) in [6.45, 7) is 5.47. The van der Waals surface area contributed by atoms with Gasteiger partial charge in [-0.3, -0.25) is 4.79 Å². The highest BCUT2D eigenvalue weighted by molar-refractivity contribution is 7.18. The average Bonchev–Trinajstić information content (AvgIpc) is 3.01. The number of thiophene rings is 1. The molecule has 7 heteroatoms. The Bertz CT molecular complexity index is 965. The number of hydrogen-bond acceptors (Lipinski definition) is 5. The van der Waals surface area contributed by atoms with E-state index in [-0.39, 0.29) is 12.2 Å². The molecular weight excluding hydrogens is 336 g/mol. The highest BCUT2D eigenvalue weighted by Gasteiger charge is 2.26. The van der Waals surface area contributed by atoms with Crippen LogP contribution in [0.4, 0.5) is 0 Å². The second-order valence-corrected chi connectivity index (χ2v) is 7.35. The first kappa shape index (κ1) is 16.1. The Morgan fingerprint density at radius 2 is 2.16 bits per heavy atom. The SMILES string of the molecule is CC[NH+]1CCc2c(sc3nc(COc4ccccc4)n(N)c(=O)c23)C1. The van der Waals surface area contributed by atoms with E-state index in [1.54, 1.807) is 16.2 Å². The molecule has 0 spiro atoms. The summed E-state index contributed by atoms with van der Waals surface area (Å²) in [4.78, 5) is 21.0. The molecule has 0 radical (unpaired) electrons. The lowest BCUT2D eigenvalue weighted by Gasteiger charge is -2.22. The predicted octanol–water partition coefficient (Wildman–Crippen LogP) is 0.712. The van der Waals surface area contributed by atoms with Gasteiger partial charge in [0.2, 0.25) is 0 Å². The lowest BCUT2D eigenvalue weighted by molar-refractivity contribution is -0.913. The van der Waals surface area contributed by atoms with Gasteiger partial charge in [-0.15, -0.1) is 11.3 Å². The van der Waals surface area contributed by atoms with E-state index in [0.29, 0.717) is 11.2 Å². The molecule has 1 atom stereocenters. The molecule has 0 saturated heterocycles. The van der Waals surface area contributed by atoms with Crippen LogP contribution in [-0.2, 0) is 19.6 Å². The monoisotopic (exact) mass is 357 g/mol. The fraction of sp³-hybridized carbons (Fsp3) is 0.333. The summed E-state index contributed by atoms with van der Waals surface area (Å²) < 4.78 is 6.85. The number of ether oxygens (including phenoxy) is 1. The Morgan fingerprint density at radius 1 is 1.36 bits per heavy atom. The summed E-state index contributed by atoms with van der Waals surface area (Å²) in [5, 5.41) is 0.695. The van der Waals surface area contributed by atoms with Gasteiger partial charge < -0.3 is 15.5 Å². The van der Waals surface area contributed by atoms with Gasteiger partial charge in [-0.2, -0.15) is 0 Å². The van der Waals surface area contributed by atoms with Crippen molar-refractivity contribution in [2.45, 2.75) is 26.5 Å². The maximum Gasteiger partial charge on any atom is 0.281 e. The van der Waals surface area contributed by atoms with Crippen molar-refractivity contribution in [2.24, 2.45) is 0 Å². The van der Waals surface area contributed by atoms with Crippen molar-refractivity contribution in [1.82, 2.24) is 9.66 Å². The summed E-state index contributed by atoms with van der Waals surface area (Å²) in [5.41, 5.74) is 0.971. The molecule has 0 aliphatic carbocycles. The molecule has 1 aliphatic heterocycles. The first-order valence-corrected chi connectivity index (χ1v) is 9.31. The van der Waals surface area contributed by atoms with Gasteiger partial charge >= 0.3 is 0 Å². The van der Waals surface area contributed by atoms with E-state index in [2.05, 4.69) is 11.9 Å². The van der Waals surface area contributed by atoms with Crippen LogP contribution in [0.5, 0.6) is 5.75 Å². The molecule has 1 unspecified atom stereocenters. The summed E-state index contributed by atoms with van der Waals surface area (Å²) in [6.07, 6.45) is 0.912. The number of fused-ring (bicyclic) bond motifs is 3. The summed E-state index contributed by atoms with van der Waals surface area (Å²) >= 11 is 1.62. The lowest BCUT2D eigenvalue weighted by Crippen LogP contribution is -3.11. The van der Waals surface area contributed by atoms with Gasteiger partial charge in [-0.05, 0) is 24.6 Å². The van der Waals surface area contributed by atoms with Gasteiger partial charge in [0.15, 0.2) is 5.82 Å². The molecule has 4 rings (SSSR count). The Kier molecular flexibility index (Phi) is 4.19. The lowest BCUT2D eigenvalue weighted by atomic mass is 10.1. The number of para-hydroxylation sites is 1. The molecule has 1 aliphatic rings. The van der Waals surface area contributed by atoms with Gasteiger partial charge in [0, 0.05) is 6.42 Å². The zero-order valence-corrected chi connectivity index (χ0v) is 14.9. The van der Waals surface area contributed by atoms with Gasteiger partial charge in [-0.25, -0.2) is 9.66 Å². The van der Waals surface area contributed by atoms with Crippen molar-refractivity contribution in [3.63, 3.8) is 0 Å². The van der Waals surface area contributed by atoms with Crippen LogP contribution in [0, 0.1) is 0 Å². The number of aromatic nitrogens is 2. The van der Waals surface area contributed by atoms with Crippen LogP contribution in [0.15, 0.2) is 35.1 Å². The van der Waals surface area contributed by atoms with Gasteiger partial charge in [-0.1, -0.05) is 18.2 Å². The number of benzene rings is 1. The summed E-state index contributed by atoms with van der Waals surface area (Å²) in [7, 11) is 0.